The summed E-state index contributed by atoms with van der Waals surface area (Å²) in [6, 6.07) is 8.41. The summed E-state index contributed by atoms with van der Waals surface area (Å²) in [5.41, 5.74) is 1.07. The van der Waals surface area contributed by atoms with Crippen LogP contribution in [-0.4, -0.2) is 52.8 Å². The third-order valence-corrected chi connectivity index (χ3v) is 4.44. The Morgan fingerprint density at radius 2 is 1.71 bits per heavy atom. The molecule has 1 amide bonds. The van der Waals surface area contributed by atoms with Crippen molar-refractivity contribution in [3.05, 3.63) is 53.1 Å². The summed E-state index contributed by atoms with van der Waals surface area (Å²) in [5, 5.41) is 18.3. The quantitative estimate of drug-likeness (QED) is 0.652. The van der Waals surface area contributed by atoms with Crippen molar-refractivity contribution in [2.45, 2.75) is 26.1 Å². The smallest absolute Gasteiger partial charge is 0.406 e. The van der Waals surface area contributed by atoms with E-state index in [0.717, 1.165) is 6.92 Å². The second-order valence-electron chi connectivity index (χ2n) is 6.77. The fraction of sp³-hybridized carbons (Fsp3) is 0.286. The Hall–Kier alpha value is -3.56. The van der Waals surface area contributed by atoms with Crippen LogP contribution in [0.4, 0.5) is 13.2 Å². The number of hydrogen-bond donors (Lipinski definition) is 2. The Kier molecular flexibility index (Phi) is 7.27. The maximum absolute atomic E-state index is 12.9. The van der Waals surface area contributed by atoms with Crippen LogP contribution in [0.2, 0.25) is 0 Å². The minimum Gasteiger partial charge on any atom is -0.496 e. The number of carboxylic acid groups (broad SMARTS) is 2. The van der Waals surface area contributed by atoms with Crippen molar-refractivity contribution in [2.75, 3.05) is 13.7 Å². The zero-order valence-corrected chi connectivity index (χ0v) is 16.7. The molecule has 0 fully saturated rings. The molecule has 2 aromatic carbocycles. The van der Waals surface area contributed by atoms with Crippen LogP contribution in [0, 0.1) is 0 Å². The number of carbonyl (C=O) groups excluding carboxylic acids is 1. The highest BCUT2D eigenvalue weighted by atomic mass is 19.4. The molecule has 0 saturated heterocycles. The van der Waals surface area contributed by atoms with Gasteiger partial charge in [0, 0.05) is 19.0 Å². The molecule has 0 unspecified atom stereocenters. The van der Waals surface area contributed by atoms with Crippen molar-refractivity contribution in [3.63, 3.8) is 0 Å². The molecule has 10 heteroatoms. The first kappa shape index (κ1) is 23.7. The minimum atomic E-state index is -4.64. The molecule has 2 N–H and O–H groups in total. The number of alkyl halides is 3. The first-order chi connectivity index (χ1) is 14.4. The molecule has 0 aliphatic carbocycles. The Labute approximate surface area is 175 Å². The highest BCUT2D eigenvalue weighted by molar-refractivity contribution is 5.89. The highest BCUT2D eigenvalue weighted by Crippen LogP contribution is 2.35. The van der Waals surface area contributed by atoms with Gasteiger partial charge >= 0.3 is 18.1 Å². The van der Waals surface area contributed by atoms with Gasteiger partial charge in [0.25, 0.3) is 0 Å². The van der Waals surface area contributed by atoms with Crippen LogP contribution >= 0.6 is 0 Å². The van der Waals surface area contributed by atoms with Gasteiger partial charge < -0.3 is 19.8 Å². The zero-order valence-electron chi connectivity index (χ0n) is 16.7. The number of hydrogen-bond acceptors (Lipinski definition) is 4. The molecule has 0 aliphatic rings. The summed E-state index contributed by atoms with van der Waals surface area (Å²) in [7, 11) is 1.37. The normalized spacial score (nSPS) is 11.1. The van der Waals surface area contributed by atoms with Gasteiger partial charge in [0.05, 0.1) is 19.1 Å². The van der Waals surface area contributed by atoms with E-state index in [1.165, 1.54) is 43.5 Å². The number of ether oxygens (including phenoxy) is 1. The molecular weight excluding hydrogens is 419 g/mol. The SMILES string of the molecule is COc1ccc(CC(=O)O)cc1-c1ccc(C(=O)O)cc1CN(CC(F)(F)F)C(C)=O. The lowest BCUT2D eigenvalue weighted by Gasteiger charge is -2.24. The minimum absolute atomic E-state index is 0.144. The maximum Gasteiger partial charge on any atom is 0.406 e. The van der Waals surface area contributed by atoms with E-state index in [9.17, 15) is 32.7 Å². The van der Waals surface area contributed by atoms with Crippen LogP contribution in [0.25, 0.3) is 11.1 Å². The summed E-state index contributed by atoms with van der Waals surface area (Å²) in [4.78, 5) is 34.8. The van der Waals surface area contributed by atoms with Gasteiger partial charge in [0.1, 0.15) is 12.3 Å². The van der Waals surface area contributed by atoms with Crippen molar-refractivity contribution < 1.29 is 42.5 Å². The van der Waals surface area contributed by atoms with Crippen molar-refractivity contribution in [1.29, 1.82) is 0 Å². The number of aromatic carboxylic acids is 1. The first-order valence-corrected chi connectivity index (χ1v) is 8.99. The van der Waals surface area contributed by atoms with E-state index >= 15 is 0 Å². The Bertz CT molecular complexity index is 1000. The monoisotopic (exact) mass is 439 g/mol. The number of benzene rings is 2. The topological polar surface area (TPSA) is 104 Å². The Morgan fingerprint density at radius 3 is 2.23 bits per heavy atom. The van der Waals surface area contributed by atoms with E-state index < -0.39 is 37.1 Å². The van der Waals surface area contributed by atoms with E-state index in [1.807, 2.05) is 0 Å². The van der Waals surface area contributed by atoms with E-state index in [1.54, 1.807) is 0 Å². The number of rotatable bonds is 8. The summed E-state index contributed by atoms with van der Waals surface area (Å²) < 4.78 is 44.1. The first-order valence-electron chi connectivity index (χ1n) is 8.99. The maximum atomic E-state index is 12.9. The van der Waals surface area contributed by atoms with Gasteiger partial charge in [-0.05, 0) is 41.0 Å². The molecule has 0 aromatic heterocycles. The van der Waals surface area contributed by atoms with Crippen LogP contribution in [-0.2, 0) is 22.6 Å². The van der Waals surface area contributed by atoms with Crippen LogP contribution in [0.5, 0.6) is 5.75 Å². The summed E-state index contributed by atoms with van der Waals surface area (Å²) in [5.74, 6) is -2.89. The Morgan fingerprint density at radius 1 is 1.03 bits per heavy atom. The number of carbonyl (C=O) groups is 3. The van der Waals surface area contributed by atoms with Gasteiger partial charge in [-0.1, -0.05) is 12.1 Å². The number of carboxylic acids is 2. The molecular formula is C21H20F3NO6. The predicted octanol–water partition coefficient (Wildman–Crippen LogP) is 3.60. The highest BCUT2D eigenvalue weighted by Gasteiger charge is 2.32. The van der Waals surface area contributed by atoms with Gasteiger partial charge in [-0.3, -0.25) is 9.59 Å². The Balaban J connectivity index is 2.64. The molecule has 0 atom stereocenters. The fourth-order valence-electron chi connectivity index (χ4n) is 3.07. The number of nitrogens with zero attached hydrogens (tertiary/aromatic N) is 1. The van der Waals surface area contributed by atoms with Crippen molar-refractivity contribution in [3.8, 4) is 16.9 Å². The summed E-state index contributed by atoms with van der Waals surface area (Å²) in [6.45, 7) is -1.02. The molecule has 0 saturated carbocycles. The molecule has 0 aliphatic heterocycles. The van der Waals surface area contributed by atoms with Crippen molar-refractivity contribution >= 4 is 17.8 Å². The third kappa shape index (κ3) is 6.46. The molecule has 31 heavy (non-hydrogen) atoms. The second-order valence-corrected chi connectivity index (χ2v) is 6.77. The molecule has 0 spiro atoms. The van der Waals surface area contributed by atoms with Crippen LogP contribution < -0.4 is 4.74 Å². The molecule has 0 radical (unpaired) electrons. The second kappa shape index (κ2) is 9.50. The van der Waals surface area contributed by atoms with Crippen LogP contribution in [0.15, 0.2) is 36.4 Å². The average molecular weight is 439 g/mol. The van der Waals surface area contributed by atoms with Gasteiger partial charge in [0.15, 0.2) is 0 Å². The van der Waals surface area contributed by atoms with E-state index in [-0.39, 0.29) is 17.5 Å². The summed E-state index contributed by atoms with van der Waals surface area (Å²) in [6.07, 6.45) is -4.94. The van der Waals surface area contributed by atoms with Gasteiger partial charge in [-0.25, -0.2) is 4.79 Å². The van der Waals surface area contributed by atoms with Crippen molar-refractivity contribution in [2.24, 2.45) is 0 Å². The molecule has 7 nitrogen and oxygen atoms in total. The molecule has 2 aromatic rings. The molecule has 0 bridgehead atoms. The third-order valence-electron chi connectivity index (χ3n) is 4.44. The van der Waals surface area contributed by atoms with Gasteiger partial charge in [-0.15, -0.1) is 0 Å². The number of halogens is 3. The molecule has 166 valence electrons. The number of methoxy groups -OCH3 is 1. The molecule has 2 rings (SSSR count). The van der Waals surface area contributed by atoms with Gasteiger partial charge in [0.2, 0.25) is 5.91 Å². The van der Waals surface area contributed by atoms with E-state index in [0.29, 0.717) is 27.3 Å². The van der Waals surface area contributed by atoms with E-state index in [4.69, 9.17) is 9.84 Å². The van der Waals surface area contributed by atoms with Crippen molar-refractivity contribution in [1.82, 2.24) is 4.90 Å². The zero-order chi connectivity index (χ0) is 23.3. The summed E-state index contributed by atoms with van der Waals surface area (Å²) >= 11 is 0. The van der Waals surface area contributed by atoms with E-state index in [2.05, 4.69) is 0 Å². The lowest BCUT2D eigenvalue weighted by molar-refractivity contribution is -0.161. The number of amides is 1. The van der Waals surface area contributed by atoms with Crippen LogP contribution in [0.1, 0.15) is 28.4 Å². The average Bonchev–Trinajstić information content (AvgIpc) is 2.65. The number of aliphatic carboxylic acids is 1. The van der Waals surface area contributed by atoms with Gasteiger partial charge in [-0.2, -0.15) is 13.2 Å². The lowest BCUT2D eigenvalue weighted by atomic mass is 9.94. The largest absolute Gasteiger partial charge is 0.496 e. The van der Waals surface area contributed by atoms with Crippen LogP contribution in [0.3, 0.4) is 0 Å². The predicted molar refractivity (Wildman–Crippen MR) is 104 cm³/mol. The standard InChI is InChI=1S/C21H20F3NO6/c1-12(26)25(11-21(22,23)24)10-15-9-14(20(29)30)4-5-16(15)17-7-13(8-19(27)28)3-6-18(17)31-2/h3-7,9H,8,10-11H2,1-2H3,(H,27,28)(H,29,30). The molecule has 0 heterocycles. The fourth-order valence-corrected chi connectivity index (χ4v) is 3.07. The lowest BCUT2D eigenvalue weighted by Crippen LogP contribution is -2.37.